The predicted octanol–water partition coefficient (Wildman–Crippen LogP) is 3.32. The van der Waals surface area contributed by atoms with Crippen LogP contribution in [0.15, 0.2) is 0 Å². The molecule has 1 rings (SSSR count). The van der Waals surface area contributed by atoms with Crippen molar-refractivity contribution in [2.75, 3.05) is 11.5 Å². The highest BCUT2D eigenvalue weighted by atomic mass is 32.2. The highest BCUT2D eigenvalue weighted by Gasteiger charge is 2.44. The van der Waals surface area contributed by atoms with Crippen LogP contribution in [-0.4, -0.2) is 22.2 Å². The zero-order valence-corrected chi connectivity index (χ0v) is 10.8. The van der Waals surface area contributed by atoms with E-state index in [1.165, 1.54) is 5.75 Å². The molecule has 0 aromatic rings. The molecule has 1 atom stereocenters. The predicted molar refractivity (Wildman–Crippen MR) is 64.7 cm³/mol. The van der Waals surface area contributed by atoms with Crippen molar-refractivity contribution in [1.82, 2.24) is 0 Å². The first-order valence-corrected chi connectivity index (χ1v) is 6.83. The molecule has 1 fully saturated rings. The van der Waals surface area contributed by atoms with E-state index in [1.807, 2.05) is 11.8 Å². The number of thioether (sulfide) groups is 1. The van der Waals surface area contributed by atoms with Gasteiger partial charge in [0.2, 0.25) is 0 Å². The van der Waals surface area contributed by atoms with Gasteiger partial charge in [-0.15, -0.1) is 0 Å². The molecular weight excluding hydrogens is 192 g/mol. The summed E-state index contributed by atoms with van der Waals surface area (Å²) in [7, 11) is 0. The van der Waals surface area contributed by atoms with Crippen molar-refractivity contribution in [2.24, 2.45) is 11.3 Å². The van der Waals surface area contributed by atoms with Crippen molar-refractivity contribution in [3.63, 3.8) is 0 Å². The van der Waals surface area contributed by atoms with Crippen LogP contribution in [-0.2, 0) is 0 Å². The maximum Gasteiger partial charge on any atom is 0.0788 e. The fraction of sp³-hybridized carbons (Fsp3) is 1.00. The van der Waals surface area contributed by atoms with Crippen LogP contribution in [0.5, 0.6) is 0 Å². The molecule has 0 aromatic carbocycles. The van der Waals surface area contributed by atoms with Gasteiger partial charge in [0.15, 0.2) is 0 Å². The van der Waals surface area contributed by atoms with Gasteiger partial charge in [-0.3, -0.25) is 0 Å². The molecule has 1 heterocycles. The molecule has 1 N–H and O–H groups in total. The second kappa shape index (κ2) is 4.44. The Morgan fingerprint density at radius 2 is 2.00 bits per heavy atom. The number of hydrogen-bond donors (Lipinski definition) is 1. The van der Waals surface area contributed by atoms with Crippen LogP contribution in [0.25, 0.3) is 0 Å². The highest BCUT2D eigenvalue weighted by Crippen LogP contribution is 2.45. The van der Waals surface area contributed by atoms with E-state index in [1.54, 1.807) is 0 Å². The van der Waals surface area contributed by atoms with Crippen LogP contribution >= 0.6 is 11.8 Å². The SMILES string of the molecule is CC(C)CCC1(O)CSCCC1(C)C. The number of aliphatic hydroxyl groups is 1. The van der Waals surface area contributed by atoms with Crippen LogP contribution in [0.3, 0.4) is 0 Å². The molecule has 14 heavy (non-hydrogen) atoms. The van der Waals surface area contributed by atoms with Crippen molar-refractivity contribution in [3.05, 3.63) is 0 Å². The first-order chi connectivity index (χ1) is 6.37. The summed E-state index contributed by atoms with van der Waals surface area (Å²) in [5, 5.41) is 10.6. The van der Waals surface area contributed by atoms with E-state index in [-0.39, 0.29) is 5.41 Å². The zero-order chi connectivity index (χ0) is 10.8. The minimum Gasteiger partial charge on any atom is -0.388 e. The summed E-state index contributed by atoms with van der Waals surface area (Å²) in [5.74, 6) is 2.82. The number of hydrogen-bond acceptors (Lipinski definition) is 2. The summed E-state index contributed by atoms with van der Waals surface area (Å²) in [5.41, 5.74) is -0.326. The molecule has 0 bridgehead atoms. The summed E-state index contributed by atoms with van der Waals surface area (Å²) in [4.78, 5) is 0. The van der Waals surface area contributed by atoms with E-state index in [4.69, 9.17) is 0 Å². The maximum atomic E-state index is 10.6. The molecule has 0 amide bonds. The Labute approximate surface area is 92.7 Å². The van der Waals surface area contributed by atoms with Gasteiger partial charge in [0.25, 0.3) is 0 Å². The van der Waals surface area contributed by atoms with E-state index >= 15 is 0 Å². The number of rotatable bonds is 3. The smallest absolute Gasteiger partial charge is 0.0788 e. The fourth-order valence-corrected chi connectivity index (χ4v) is 3.61. The van der Waals surface area contributed by atoms with E-state index < -0.39 is 5.60 Å². The summed E-state index contributed by atoms with van der Waals surface area (Å²) in [6.07, 6.45) is 3.25. The lowest BCUT2D eigenvalue weighted by Gasteiger charge is -2.46. The topological polar surface area (TPSA) is 20.2 Å². The van der Waals surface area contributed by atoms with Crippen molar-refractivity contribution in [2.45, 2.75) is 52.6 Å². The van der Waals surface area contributed by atoms with Crippen molar-refractivity contribution >= 4 is 11.8 Å². The molecule has 0 saturated carbocycles. The van der Waals surface area contributed by atoms with Crippen LogP contribution in [0.4, 0.5) is 0 Å². The molecule has 1 saturated heterocycles. The van der Waals surface area contributed by atoms with Gasteiger partial charge in [-0.2, -0.15) is 11.8 Å². The average molecular weight is 216 g/mol. The Morgan fingerprint density at radius 1 is 1.36 bits per heavy atom. The molecule has 0 radical (unpaired) electrons. The molecule has 0 aromatic heterocycles. The van der Waals surface area contributed by atoms with E-state index in [0.717, 1.165) is 25.0 Å². The molecule has 84 valence electrons. The molecular formula is C12H24OS. The third-order valence-electron chi connectivity index (χ3n) is 3.61. The summed E-state index contributed by atoms with van der Waals surface area (Å²) in [6.45, 7) is 8.89. The highest BCUT2D eigenvalue weighted by molar-refractivity contribution is 7.99. The standard InChI is InChI=1S/C12H24OS/c1-10(2)5-6-12(13)9-14-8-7-11(12,3)4/h10,13H,5-9H2,1-4H3. The van der Waals surface area contributed by atoms with Gasteiger partial charge in [0.05, 0.1) is 5.60 Å². The Balaban J connectivity index is 2.59. The second-order valence-electron chi connectivity index (χ2n) is 5.65. The second-order valence-corrected chi connectivity index (χ2v) is 6.76. The normalized spacial score (nSPS) is 32.1. The summed E-state index contributed by atoms with van der Waals surface area (Å²) >= 11 is 1.91. The van der Waals surface area contributed by atoms with Gasteiger partial charge in [0, 0.05) is 5.75 Å². The molecule has 1 aliphatic rings. The van der Waals surface area contributed by atoms with Crippen LogP contribution in [0.2, 0.25) is 0 Å². The van der Waals surface area contributed by atoms with Crippen LogP contribution in [0.1, 0.15) is 47.0 Å². The van der Waals surface area contributed by atoms with E-state index in [9.17, 15) is 5.11 Å². The first-order valence-electron chi connectivity index (χ1n) is 5.67. The summed E-state index contributed by atoms with van der Waals surface area (Å²) < 4.78 is 0. The van der Waals surface area contributed by atoms with Crippen molar-refractivity contribution in [1.29, 1.82) is 0 Å². The van der Waals surface area contributed by atoms with Gasteiger partial charge >= 0.3 is 0 Å². The fourth-order valence-electron chi connectivity index (χ4n) is 1.93. The Bertz CT molecular complexity index is 189. The van der Waals surface area contributed by atoms with Gasteiger partial charge in [0.1, 0.15) is 0 Å². The molecule has 0 spiro atoms. The van der Waals surface area contributed by atoms with Gasteiger partial charge in [-0.05, 0) is 36.3 Å². The maximum absolute atomic E-state index is 10.6. The molecule has 1 nitrogen and oxygen atoms in total. The van der Waals surface area contributed by atoms with Crippen LogP contribution in [0, 0.1) is 11.3 Å². The molecule has 1 aliphatic heterocycles. The third kappa shape index (κ3) is 2.66. The quantitative estimate of drug-likeness (QED) is 0.781. The van der Waals surface area contributed by atoms with Gasteiger partial charge in [-0.1, -0.05) is 27.7 Å². The largest absolute Gasteiger partial charge is 0.388 e. The molecule has 0 aliphatic carbocycles. The Morgan fingerprint density at radius 3 is 2.50 bits per heavy atom. The third-order valence-corrected chi connectivity index (χ3v) is 4.78. The first kappa shape index (κ1) is 12.4. The molecule has 2 heteroatoms. The Hall–Kier alpha value is 0.310. The summed E-state index contributed by atoms with van der Waals surface area (Å²) in [6, 6.07) is 0. The van der Waals surface area contributed by atoms with E-state index in [0.29, 0.717) is 5.92 Å². The average Bonchev–Trinajstić information content (AvgIpc) is 2.07. The van der Waals surface area contributed by atoms with Crippen molar-refractivity contribution < 1.29 is 5.11 Å². The van der Waals surface area contributed by atoms with Crippen LogP contribution < -0.4 is 0 Å². The minimum atomic E-state index is -0.430. The van der Waals surface area contributed by atoms with E-state index in [2.05, 4.69) is 27.7 Å². The Kier molecular flexibility index (Phi) is 3.93. The van der Waals surface area contributed by atoms with Gasteiger partial charge < -0.3 is 5.11 Å². The molecule has 1 unspecified atom stereocenters. The monoisotopic (exact) mass is 216 g/mol. The lowest BCUT2D eigenvalue weighted by Crippen LogP contribution is -2.50. The lowest BCUT2D eigenvalue weighted by atomic mass is 9.70. The zero-order valence-electron chi connectivity index (χ0n) is 9.97. The lowest BCUT2D eigenvalue weighted by molar-refractivity contribution is -0.0614. The van der Waals surface area contributed by atoms with Crippen molar-refractivity contribution in [3.8, 4) is 0 Å². The van der Waals surface area contributed by atoms with Gasteiger partial charge in [-0.25, -0.2) is 0 Å². The minimum absolute atomic E-state index is 0.104.